The van der Waals surface area contributed by atoms with Gasteiger partial charge >= 0.3 is 0 Å². The summed E-state index contributed by atoms with van der Waals surface area (Å²) in [7, 11) is 18.2. The van der Waals surface area contributed by atoms with Crippen LogP contribution in [0.3, 0.4) is 0 Å². The molecule has 1 rings (SSSR count). The summed E-state index contributed by atoms with van der Waals surface area (Å²) in [6.07, 6.45) is 0. The van der Waals surface area contributed by atoms with Gasteiger partial charge in [0, 0.05) is 16.3 Å². The summed E-state index contributed by atoms with van der Waals surface area (Å²) >= 11 is 0. The van der Waals surface area contributed by atoms with Crippen LogP contribution in [0.25, 0.3) is 0 Å². The predicted octanol–water partition coefficient (Wildman–Crippen LogP) is -10.4. The van der Waals surface area contributed by atoms with Crippen LogP contribution in [0.2, 0.25) is 0 Å². The molecular formula is C5H20B9NO2. The van der Waals surface area contributed by atoms with Crippen molar-refractivity contribution in [3.8, 4) is 0 Å². The summed E-state index contributed by atoms with van der Waals surface area (Å²) in [5.41, 5.74) is -0.654. The Bertz CT molecular complexity index is 326. The summed E-state index contributed by atoms with van der Waals surface area (Å²) < 4.78 is 6.34. The Hall–Kier alpha value is 0.464. The van der Waals surface area contributed by atoms with Gasteiger partial charge in [0.1, 0.15) is 70.6 Å². The first-order valence-electron chi connectivity index (χ1n) is 6.38. The van der Waals surface area contributed by atoms with Crippen LogP contribution in [-0.2, 0) is 4.74 Å². The molecule has 2 N–H and O–H groups in total. The third-order valence-corrected chi connectivity index (χ3v) is 4.95. The first-order valence-corrected chi connectivity index (χ1v) is 6.38. The molecule has 3 nitrogen and oxygen atoms in total. The maximum atomic E-state index is 10.5. The molecule has 1 unspecified atom stereocenters. The van der Waals surface area contributed by atoms with Crippen LogP contribution in [0.1, 0.15) is 0 Å². The fourth-order valence-corrected chi connectivity index (χ4v) is 2.71. The van der Waals surface area contributed by atoms with Gasteiger partial charge in [-0.3, -0.25) is 0 Å². The molecular weight excluding hydrogens is 203 g/mol. The van der Waals surface area contributed by atoms with Gasteiger partial charge in [0.15, 0.2) is 0 Å². The number of ether oxygens (including phenoxy) is 1. The Morgan fingerprint density at radius 2 is 1.29 bits per heavy atom. The average molecular weight is 224 g/mol. The average Bonchev–Trinajstić information content (AvgIpc) is 1.95. The molecule has 17 heavy (non-hydrogen) atoms. The molecule has 1 heterocycles. The van der Waals surface area contributed by atoms with E-state index in [1.54, 1.807) is 0 Å². The highest BCUT2D eigenvalue weighted by Crippen LogP contribution is 2.38. The monoisotopic (exact) mass is 225 g/mol. The largest absolute Gasteiger partial charge is 0.406 e. The lowest BCUT2D eigenvalue weighted by atomic mass is 9.29. The number of aliphatic hydroxyl groups is 1. The molecule has 0 saturated carbocycles. The third-order valence-electron chi connectivity index (χ3n) is 4.95. The van der Waals surface area contributed by atoms with Crippen LogP contribution >= 0.6 is 0 Å². The molecule has 1 fully saturated rings. The summed E-state index contributed by atoms with van der Waals surface area (Å²) in [6, 6.07) is 0. The molecule has 0 aromatic carbocycles. The Morgan fingerprint density at radius 3 is 1.65 bits per heavy atom. The molecule has 0 radical (unpaired) electrons. The van der Waals surface area contributed by atoms with Gasteiger partial charge in [-0.25, -0.2) is 0 Å². The molecule has 0 aromatic heterocycles. The Morgan fingerprint density at radius 1 is 0.882 bits per heavy atom. The molecule has 84 valence electrons. The lowest BCUT2D eigenvalue weighted by Gasteiger charge is -2.66. The fourth-order valence-electron chi connectivity index (χ4n) is 2.71. The summed E-state index contributed by atoms with van der Waals surface area (Å²) in [4.78, 5) is 0. The zero-order valence-corrected chi connectivity index (χ0v) is 12.9. The zero-order chi connectivity index (χ0) is 13.9. The lowest BCUT2D eigenvalue weighted by molar-refractivity contribution is -0.134. The maximum Gasteiger partial charge on any atom is 0.145 e. The van der Waals surface area contributed by atoms with Crippen molar-refractivity contribution in [3.05, 3.63) is 0 Å². The molecule has 1 aliphatic heterocycles. The number of rotatable bonds is 1. The van der Waals surface area contributed by atoms with Gasteiger partial charge in [-0.1, -0.05) is 0 Å². The minimum Gasteiger partial charge on any atom is -0.406 e. The number of morpholine rings is 1. The van der Waals surface area contributed by atoms with Gasteiger partial charge in [-0.15, -0.1) is 0 Å². The van der Waals surface area contributed by atoms with Crippen LogP contribution < -0.4 is 5.32 Å². The van der Waals surface area contributed by atoms with Gasteiger partial charge in [0.2, 0.25) is 0 Å². The fraction of sp³-hybridized carbons (Fsp3) is 1.00. The number of nitrogens with one attached hydrogen (secondary N) is 1. The third kappa shape index (κ3) is 2.21. The smallest absolute Gasteiger partial charge is 0.145 e. The molecule has 1 saturated heterocycles. The van der Waals surface area contributed by atoms with Crippen molar-refractivity contribution in [2.45, 2.75) is 27.0 Å². The first-order chi connectivity index (χ1) is 7.16. The van der Waals surface area contributed by atoms with E-state index in [0.717, 1.165) is 0 Å². The van der Waals surface area contributed by atoms with Crippen molar-refractivity contribution in [2.24, 2.45) is 0 Å². The highest BCUT2D eigenvalue weighted by atomic mass is 16.5. The maximum absolute atomic E-state index is 10.5. The predicted molar refractivity (Wildman–Crippen MR) is 97.0 cm³/mol. The van der Waals surface area contributed by atoms with E-state index in [0.29, 0.717) is 0 Å². The van der Waals surface area contributed by atoms with E-state index in [4.69, 9.17) is 4.74 Å². The molecule has 0 aromatic rings. The molecule has 0 spiro atoms. The van der Waals surface area contributed by atoms with Crippen molar-refractivity contribution >= 4 is 70.6 Å². The highest BCUT2D eigenvalue weighted by Gasteiger charge is 2.60. The quantitative estimate of drug-likeness (QED) is 0.434. The van der Waals surface area contributed by atoms with Gasteiger partial charge in [0.25, 0.3) is 0 Å². The highest BCUT2D eigenvalue weighted by molar-refractivity contribution is 6.57. The molecule has 0 amide bonds. The molecule has 1 aliphatic rings. The minimum atomic E-state index is -0.919. The lowest BCUT2D eigenvalue weighted by Crippen LogP contribution is -2.89. The Labute approximate surface area is 113 Å². The van der Waals surface area contributed by atoms with Crippen LogP contribution in [0, 0.1) is 0 Å². The second-order valence-corrected chi connectivity index (χ2v) is 7.58. The van der Waals surface area contributed by atoms with E-state index < -0.39 is 10.9 Å². The van der Waals surface area contributed by atoms with Gasteiger partial charge in [-0.05, 0) is 10.7 Å². The van der Waals surface area contributed by atoms with E-state index in [-0.39, 0.29) is 16.1 Å². The molecule has 1 atom stereocenters. The van der Waals surface area contributed by atoms with E-state index in [1.807, 2.05) is 23.5 Å². The molecule has 0 aliphatic carbocycles. The molecule has 12 heteroatoms. The van der Waals surface area contributed by atoms with E-state index in [1.165, 1.54) is 0 Å². The van der Waals surface area contributed by atoms with E-state index in [2.05, 4.69) is 52.4 Å². The SMILES string of the molecule is BC(B)(O)C1(B)OC(B)(B)C(B)(B)NC1(B)B. The van der Waals surface area contributed by atoms with Crippen molar-refractivity contribution in [1.29, 1.82) is 0 Å². The minimum absolute atomic E-state index is 0.152. The van der Waals surface area contributed by atoms with E-state index in [9.17, 15) is 5.11 Å². The first kappa shape index (κ1) is 15.5. The van der Waals surface area contributed by atoms with Crippen molar-refractivity contribution in [2.75, 3.05) is 0 Å². The van der Waals surface area contributed by atoms with Gasteiger partial charge in [0.05, 0.1) is 0 Å². The van der Waals surface area contributed by atoms with Crippen LogP contribution in [-0.4, -0.2) is 103 Å². The zero-order valence-electron chi connectivity index (χ0n) is 12.9. The van der Waals surface area contributed by atoms with E-state index >= 15 is 0 Å². The normalized spacial score (nSPS) is 35.1. The number of hydrogen-bond donors (Lipinski definition) is 2. The second-order valence-electron chi connectivity index (χ2n) is 7.58. The second kappa shape index (κ2) is 3.74. The van der Waals surface area contributed by atoms with Crippen molar-refractivity contribution < 1.29 is 9.84 Å². The van der Waals surface area contributed by atoms with Crippen LogP contribution in [0.5, 0.6) is 0 Å². The number of hydrogen-bond acceptors (Lipinski definition) is 3. The Kier molecular flexibility index (Phi) is 3.41. The van der Waals surface area contributed by atoms with Crippen molar-refractivity contribution in [3.63, 3.8) is 0 Å². The summed E-state index contributed by atoms with van der Waals surface area (Å²) in [6.45, 7) is 0. The van der Waals surface area contributed by atoms with Crippen molar-refractivity contribution in [1.82, 2.24) is 5.32 Å². The van der Waals surface area contributed by atoms with Crippen LogP contribution in [0.15, 0.2) is 0 Å². The van der Waals surface area contributed by atoms with Gasteiger partial charge in [-0.2, -0.15) is 0 Å². The molecule has 0 bridgehead atoms. The topological polar surface area (TPSA) is 41.5 Å². The summed E-state index contributed by atoms with van der Waals surface area (Å²) in [5.74, 6) is 0. The van der Waals surface area contributed by atoms with Crippen LogP contribution in [0.4, 0.5) is 0 Å². The standard InChI is InChI=1S/C5H20B9NO2/c6-1(4(11,12)16)2(7,8)15-3(9,10)5(13,14)17-1/h15-16H,6-14H2. The Balaban J connectivity index is 3.28. The van der Waals surface area contributed by atoms with Gasteiger partial charge < -0.3 is 15.2 Å². The summed E-state index contributed by atoms with van der Waals surface area (Å²) in [5, 5.41) is 12.4.